The monoisotopic (exact) mass is 268 g/mol. The second kappa shape index (κ2) is 7.83. The van der Waals surface area contributed by atoms with Gasteiger partial charge in [-0.05, 0) is 0 Å². The van der Waals surface area contributed by atoms with E-state index in [4.69, 9.17) is 9.84 Å². The minimum absolute atomic E-state index is 0.202. The van der Waals surface area contributed by atoms with Gasteiger partial charge < -0.3 is 0 Å². The molecule has 0 aliphatic heterocycles. The van der Waals surface area contributed by atoms with E-state index < -0.39 is 18.0 Å². The van der Waals surface area contributed by atoms with Crippen molar-refractivity contribution in [1.29, 1.82) is 0 Å². The zero-order chi connectivity index (χ0) is 11.0. The fraction of sp³-hybridized carbons (Fsp3) is 0.778. The van der Waals surface area contributed by atoms with E-state index in [9.17, 15) is 9.59 Å². The van der Waals surface area contributed by atoms with E-state index in [-0.39, 0.29) is 15.0 Å². The topological polar surface area (TPSA) is 63.6 Å². The molecule has 1 N–H and O–H groups in total. The first-order valence-electron chi connectivity index (χ1n) is 4.53. The Morgan fingerprint density at radius 1 is 1.50 bits per heavy atom. The summed E-state index contributed by atoms with van der Waals surface area (Å²) in [6.07, 6.45) is 1.04. The number of rotatable bonds is 7. The fourth-order valence-corrected chi connectivity index (χ4v) is 1.92. The van der Waals surface area contributed by atoms with Gasteiger partial charge in [0.2, 0.25) is 0 Å². The van der Waals surface area contributed by atoms with Gasteiger partial charge in [0.05, 0.1) is 0 Å². The van der Waals surface area contributed by atoms with Gasteiger partial charge in [-0.3, -0.25) is 0 Å². The van der Waals surface area contributed by atoms with Gasteiger partial charge in [0.1, 0.15) is 0 Å². The summed E-state index contributed by atoms with van der Waals surface area (Å²) in [7, 11) is 0. The minimum atomic E-state index is -1.04. The van der Waals surface area contributed by atoms with E-state index >= 15 is 0 Å². The molecule has 0 fully saturated rings. The molecule has 0 bridgehead atoms. The molecule has 0 aromatic carbocycles. The Morgan fingerprint density at radius 2 is 2.14 bits per heavy atom. The predicted octanol–water partition coefficient (Wildman–Crippen LogP) is 1.34. The summed E-state index contributed by atoms with van der Waals surface area (Å²) in [5.41, 5.74) is 0. The van der Waals surface area contributed by atoms with Crippen LogP contribution in [0.2, 0.25) is 11.1 Å². The van der Waals surface area contributed by atoms with Crippen molar-refractivity contribution in [3.63, 3.8) is 0 Å². The van der Waals surface area contributed by atoms with E-state index in [1.807, 2.05) is 12.7 Å². The van der Waals surface area contributed by atoms with Crippen LogP contribution in [0.3, 0.4) is 0 Å². The Labute approximate surface area is 90.2 Å². The van der Waals surface area contributed by atoms with Gasteiger partial charge in [-0.25, -0.2) is 0 Å². The van der Waals surface area contributed by atoms with E-state index in [2.05, 4.69) is 0 Å². The number of esters is 1. The molecule has 14 heavy (non-hydrogen) atoms. The van der Waals surface area contributed by atoms with Gasteiger partial charge >= 0.3 is 89.8 Å². The van der Waals surface area contributed by atoms with Gasteiger partial charge in [0.15, 0.2) is 0 Å². The predicted molar refractivity (Wildman–Crippen MR) is 53.5 cm³/mol. The van der Waals surface area contributed by atoms with Gasteiger partial charge in [-0.15, -0.1) is 0 Å². The quantitative estimate of drug-likeness (QED) is 0.558. The number of hydrogen-bond acceptors (Lipinski definition) is 3. The first-order valence-corrected chi connectivity index (χ1v) is 7.45. The van der Waals surface area contributed by atoms with Crippen molar-refractivity contribution in [3.8, 4) is 0 Å². The molecule has 0 rings (SSSR count). The molecular weight excluding hydrogens is 251 g/mol. The summed E-state index contributed by atoms with van der Waals surface area (Å²) in [6.45, 7) is 1.97. The molecule has 0 amide bonds. The van der Waals surface area contributed by atoms with Crippen LogP contribution in [0.15, 0.2) is 0 Å². The molecule has 0 aromatic heterocycles. The molecule has 0 aliphatic carbocycles. The summed E-state index contributed by atoms with van der Waals surface area (Å²) in [5.74, 6) is 0.477. The Kier molecular flexibility index (Phi) is 7.52. The molecular formula is C9H16O4Se. The van der Waals surface area contributed by atoms with Crippen molar-refractivity contribution < 1.29 is 19.4 Å². The van der Waals surface area contributed by atoms with Gasteiger partial charge in [-0.1, -0.05) is 0 Å². The number of hydrogen-bond donors (Lipinski definition) is 1. The number of carboxylic acids is 1. The number of ether oxygens (including phenoxy) is 1. The molecule has 0 spiro atoms. The molecule has 0 heterocycles. The van der Waals surface area contributed by atoms with E-state index in [0.717, 1.165) is 12.8 Å². The summed E-state index contributed by atoms with van der Waals surface area (Å²) in [5, 5.41) is 9.16. The van der Waals surface area contributed by atoms with Crippen LogP contribution in [-0.2, 0) is 14.3 Å². The maximum atomic E-state index is 11.1. The maximum absolute atomic E-state index is 11.1. The van der Waals surface area contributed by atoms with Crippen molar-refractivity contribution in [2.45, 2.75) is 43.4 Å². The number of carbonyl (C=O) groups is 2. The summed E-state index contributed by atoms with van der Waals surface area (Å²) < 4.78 is 4.83. The molecule has 0 radical (unpaired) electrons. The van der Waals surface area contributed by atoms with Crippen molar-refractivity contribution in [2.75, 3.05) is 0 Å². The number of carbonyl (C=O) groups excluding carboxylic acids is 1. The standard InChI is InChI=1S/C9H16O4Se/c1-3-4-5-8(10)13-7(6-14-2)9(11)12/h7H,3-6H2,1-2H3,(H,11,12). The molecule has 0 saturated heterocycles. The van der Waals surface area contributed by atoms with Crippen LogP contribution in [0.5, 0.6) is 0 Å². The molecule has 1 unspecified atom stereocenters. The first-order chi connectivity index (χ1) is 6.61. The Bertz CT molecular complexity index is 193. The van der Waals surface area contributed by atoms with Crippen LogP contribution in [0.1, 0.15) is 26.2 Å². The zero-order valence-electron chi connectivity index (χ0n) is 8.49. The molecule has 0 aromatic rings. The molecule has 4 nitrogen and oxygen atoms in total. The Balaban J connectivity index is 3.90. The van der Waals surface area contributed by atoms with Crippen LogP contribution in [0.25, 0.3) is 0 Å². The number of carboxylic acid groups (broad SMARTS) is 1. The summed E-state index contributed by atoms with van der Waals surface area (Å²) in [6, 6.07) is 0. The second-order valence-electron chi connectivity index (χ2n) is 2.88. The molecule has 1 atom stereocenters. The van der Waals surface area contributed by atoms with Crippen LogP contribution in [0, 0.1) is 0 Å². The zero-order valence-corrected chi connectivity index (χ0v) is 10.2. The van der Waals surface area contributed by atoms with Crippen molar-refractivity contribution in [1.82, 2.24) is 0 Å². The third-order valence-corrected chi connectivity index (χ3v) is 2.94. The van der Waals surface area contributed by atoms with Crippen molar-refractivity contribution in [3.05, 3.63) is 0 Å². The molecule has 82 valence electrons. The average Bonchev–Trinajstić information content (AvgIpc) is 2.14. The molecule has 5 heteroatoms. The van der Waals surface area contributed by atoms with Crippen molar-refractivity contribution >= 4 is 26.9 Å². The molecule has 0 saturated carbocycles. The van der Waals surface area contributed by atoms with E-state index in [0.29, 0.717) is 11.7 Å². The van der Waals surface area contributed by atoms with Crippen LogP contribution in [-0.4, -0.2) is 38.1 Å². The normalized spacial score (nSPS) is 12.1. The van der Waals surface area contributed by atoms with E-state index in [1.54, 1.807) is 0 Å². The number of unbranched alkanes of at least 4 members (excludes halogenated alkanes) is 1. The Hall–Kier alpha value is -0.541. The fourth-order valence-electron chi connectivity index (χ4n) is 0.846. The van der Waals surface area contributed by atoms with Gasteiger partial charge in [-0.2, -0.15) is 0 Å². The summed E-state index contributed by atoms with van der Waals surface area (Å²) >= 11 is 0.202. The SMILES string of the molecule is CCCCC(=O)OC(C[Se]C)C(=O)O. The van der Waals surface area contributed by atoms with Crippen LogP contribution >= 0.6 is 0 Å². The van der Waals surface area contributed by atoms with Crippen LogP contribution in [0.4, 0.5) is 0 Å². The van der Waals surface area contributed by atoms with E-state index in [1.165, 1.54) is 0 Å². The Morgan fingerprint density at radius 3 is 2.57 bits per heavy atom. The van der Waals surface area contributed by atoms with Gasteiger partial charge in [0.25, 0.3) is 0 Å². The summed E-state index contributed by atoms with van der Waals surface area (Å²) in [4.78, 5) is 21.7. The molecule has 0 aliphatic rings. The third-order valence-electron chi connectivity index (χ3n) is 1.60. The van der Waals surface area contributed by atoms with Crippen molar-refractivity contribution in [2.24, 2.45) is 0 Å². The second-order valence-corrected chi connectivity index (χ2v) is 4.79. The van der Waals surface area contributed by atoms with Gasteiger partial charge in [0, 0.05) is 0 Å². The average molecular weight is 267 g/mol. The first kappa shape index (κ1) is 13.5. The number of aliphatic carboxylic acids is 1. The third kappa shape index (κ3) is 6.00. The van der Waals surface area contributed by atoms with Crippen LogP contribution < -0.4 is 0 Å².